The van der Waals surface area contributed by atoms with Crippen LogP contribution in [0.3, 0.4) is 0 Å². The average Bonchev–Trinajstić information content (AvgIpc) is 2.95. The Hall–Kier alpha value is -3.26. The van der Waals surface area contributed by atoms with E-state index in [1.54, 1.807) is 11.0 Å². The van der Waals surface area contributed by atoms with Gasteiger partial charge in [-0.1, -0.05) is 0 Å². The van der Waals surface area contributed by atoms with Gasteiger partial charge in [0.05, 0.1) is 31.9 Å². The first kappa shape index (κ1) is 28.7. The minimum Gasteiger partial charge on any atom is -0.495 e. The van der Waals surface area contributed by atoms with E-state index in [4.69, 9.17) is 14.2 Å². The summed E-state index contributed by atoms with van der Waals surface area (Å²) in [6, 6.07) is 7.95. The van der Waals surface area contributed by atoms with E-state index in [0.29, 0.717) is 34.3 Å². The highest BCUT2D eigenvalue weighted by atomic mass is 32.2. The van der Waals surface area contributed by atoms with Crippen LogP contribution < -0.4 is 19.1 Å². The van der Waals surface area contributed by atoms with Crippen LogP contribution in [0.1, 0.15) is 11.1 Å². The summed E-state index contributed by atoms with van der Waals surface area (Å²) in [5, 5.41) is 0. The quantitative estimate of drug-likeness (QED) is 0.448. The molecule has 14 heteroatoms. The number of sulfonamides is 1. The fourth-order valence-electron chi connectivity index (χ4n) is 4.74. The number of ether oxygens (including phenoxy) is 3. The van der Waals surface area contributed by atoms with Crippen LogP contribution >= 0.6 is 0 Å². The number of piperazine rings is 1. The lowest BCUT2D eigenvalue weighted by Crippen LogP contribution is -2.55. The second-order valence-electron chi connectivity index (χ2n) is 9.10. The molecule has 0 N–H and O–H groups in total. The Morgan fingerprint density at radius 2 is 1.46 bits per heavy atom. The molecule has 0 aromatic heterocycles. The summed E-state index contributed by atoms with van der Waals surface area (Å²) in [4.78, 5) is 14.3. The number of benzene rings is 2. The Bertz CT molecular complexity index is 1330. The van der Waals surface area contributed by atoms with Crippen molar-refractivity contribution in [3.05, 3.63) is 41.5 Å². The summed E-state index contributed by atoms with van der Waals surface area (Å²) in [5.74, 6) is -5.30. The third-order valence-corrected chi connectivity index (χ3v) is 8.78. The minimum atomic E-state index is -4.77. The number of fused-ring (bicyclic) bond motifs is 1. The topological polar surface area (TPSA) is 88.6 Å². The largest absolute Gasteiger partial charge is 0.495 e. The van der Waals surface area contributed by atoms with Crippen molar-refractivity contribution in [2.75, 3.05) is 59.0 Å². The number of methoxy groups -OCH3 is 3. The highest BCUT2D eigenvalue weighted by molar-refractivity contribution is 7.89. The molecule has 0 saturated carbocycles. The summed E-state index contributed by atoms with van der Waals surface area (Å²) in [7, 11) is 0.485. The van der Waals surface area contributed by atoms with Crippen molar-refractivity contribution in [2.45, 2.75) is 30.2 Å². The van der Waals surface area contributed by atoms with E-state index in [1.807, 2.05) is 6.07 Å². The van der Waals surface area contributed by atoms with E-state index in [-0.39, 0.29) is 44.2 Å². The molecule has 9 nitrogen and oxygen atoms in total. The number of alkyl halides is 4. The SMILES string of the molecule is COc1cc2c(cc1OC)CN(S(=O)(=O)c1ccc(OC)c(N3CCN(C(=O)C(F)(F)C(F)F)CC3)c1)CC2. The van der Waals surface area contributed by atoms with Gasteiger partial charge in [-0.05, 0) is 47.9 Å². The van der Waals surface area contributed by atoms with Crippen LogP contribution in [0.4, 0.5) is 23.2 Å². The molecule has 214 valence electrons. The molecule has 1 amide bonds. The number of halogens is 4. The van der Waals surface area contributed by atoms with E-state index in [9.17, 15) is 30.8 Å². The zero-order valence-corrected chi connectivity index (χ0v) is 22.4. The minimum absolute atomic E-state index is 0.00460. The van der Waals surface area contributed by atoms with Gasteiger partial charge in [0.1, 0.15) is 5.75 Å². The molecule has 2 aromatic rings. The summed E-state index contributed by atoms with van der Waals surface area (Å²) in [5.41, 5.74) is 2.13. The van der Waals surface area contributed by atoms with Crippen LogP contribution in [-0.4, -0.2) is 89.9 Å². The van der Waals surface area contributed by atoms with Gasteiger partial charge in [0.2, 0.25) is 10.0 Å². The van der Waals surface area contributed by atoms with E-state index in [1.165, 1.54) is 43.8 Å². The normalized spacial score (nSPS) is 16.7. The van der Waals surface area contributed by atoms with Gasteiger partial charge in [-0.3, -0.25) is 4.79 Å². The number of amides is 1. The number of carbonyl (C=O) groups excluding carboxylic acids is 1. The number of hydrogen-bond acceptors (Lipinski definition) is 7. The van der Waals surface area contributed by atoms with Crippen molar-refractivity contribution in [1.29, 1.82) is 0 Å². The second kappa shape index (κ2) is 11.1. The van der Waals surface area contributed by atoms with Crippen LogP contribution in [0, 0.1) is 0 Å². The Balaban J connectivity index is 1.55. The van der Waals surface area contributed by atoms with Crippen molar-refractivity contribution in [3.63, 3.8) is 0 Å². The van der Waals surface area contributed by atoms with Gasteiger partial charge in [-0.15, -0.1) is 0 Å². The number of anilines is 1. The summed E-state index contributed by atoms with van der Waals surface area (Å²) < 4.78 is 97.0. The van der Waals surface area contributed by atoms with E-state index in [2.05, 4.69) is 0 Å². The van der Waals surface area contributed by atoms with Crippen molar-refractivity contribution in [3.8, 4) is 17.2 Å². The molecule has 1 fully saturated rings. The Morgan fingerprint density at radius 3 is 2.03 bits per heavy atom. The molecular weight excluding hydrogens is 546 g/mol. The maximum Gasteiger partial charge on any atom is 0.383 e. The molecule has 0 aliphatic carbocycles. The third-order valence-electron chi connectivity index (χ3n) is 6.94. The average molecular weight is 576 g/mol. The molecule has 0 unspecified atom stereocenters. The highest BCUT2D eigenvalue weighted by Gasteiger charge is 2.51. The molecule has 2 aliphatic heterocycles. The van der Waals surface area contributed by atoms with Gasteiger partial charge in [0, 0.05) is 39.3 Å². The van der Waals surface area contributed by atoms with Gasteiger partial charge in [-0.25, -0.2) is 17.2 Å². The molecule has 1 saturated heterocycles. The van der Waals surface area contributed by atoms with Crippen LogP contribution in [0.25, 0.3) is 0 Å². The van der Waals surface area contributed by atoms with Gasteiger partial charge in [0.15, 0.2) is 11.5 Å². The monoisotopic (exact) mass is 575 g/mol. The van der Waals surface area contributed by atoms with Crippen molar-refractivity contribution >= 4 is 21.6 Å². The first-order valence-corrected chi connectivity index (χ1v) is 13.5. The molecule has 0 bridgehead atoms. The summed E-state index contributed by atoms with van der Waals surface area (Å²) in [6.45, 7) is -0.0813. The molecule has 2 aromatic carbocycles. The van der Waals surface area contributed by atoms with Crippen molar-refractivity contribution in [2.24, 2.45) is 0 Å². The second-order valence-corrected chi connectivity index (χ2v) is 11.0. The number of nitrogens with zero attached hydrogens (tertiary/aromatic N) is 3. The van der Waals surface area contributed by atoms with Gasteiger partial charge in [0.25, 0.3) is 5.91 Å². The van der Waals surface area contributed by atoms with E-state index >= 15 is 0 Å². The van der Waals surface area contributed by atoms with Crippen LogP contribution in [0.2, 0.25) is 0 Å². The first-order chi connectivity index (χ1) is 18.4. The van der Waals surface area contributed by atoms with Gasteiger partial charge >= 0.3 is 12.3 Å². The molecule has 0 atom stereocenters. The van der Waals surface area contributed by atoms with Crippen molar-refractivity contribution in [1.82, 2.24) is 9.21 Å². The zero-order valence-electron chi connectivity index (χ0n) is 21.6. The smallest absolute Gasteiger partial charge is 0.383 e. The fourth-order valence-corrected chi connectivity index (χ4v) is 6.18. The molecule has 39 heavy (non-hydrogen) atoms. The maximum absolute atomic E-state index is 13.6. The lowest BCUT2D eigenvalue weighted by molar-refractivity contribution is -0.180. The van der Waals surface area contributed by atoms with Crippen LogP contribution in [0.15, 0.2) is 35.2 Å². The molecular formula is C25H29F4N3O6S. The maximum atomic E-state index is 13.6. The Kier molecular flexibility index (Phi) is 8.17. The number of carbonyl (C=O) groups is 1. The fraction of sp³-hybridized carbons (Fsp3) is 0.480. The molecule has 2 heterocycles. The lowest BCUT2D eigenvalue weighted by Gasteiger charge is -2.38. The van der Waals surface area contributed by atoms with Gasteiger partial charge < -0.3 is 24.0 Å². The van der Waals surface area contributed by atoms with Crippen molar-refractivity contribution < 1.29 is 45.0 Å². The van der Waals surface area contributed by atoms with Gasteiger partial charge in [-0.2, -0.15) is 13.1 Å². The zero-order chi connectivity index (χ0) is 28.5. The Morgan fingerprint density at radius 1 is 0.872 bits per heavy atom. The standard InChI is InChI=1S/C25H29F4N3O6S/c1-36-20-5-4-18(14-19(20)30-8-10-31(11-9-30)24(33)25(28,29)23(26)27)39(34,35)32-7-6-16-12-21(37-2)22(38-3)13-17(16)15-32/h4-5,12-14,23H,6-11,15H2,1-3H3. The number of hydrogen-bond donors (Lipinski definition) is 0. The van der Waals surface area contributed by atoms with Crippen LogP contribution in [-0.2, 0) is 27.8 Å². The third kappa shape index (κ3) is 5.44. The van der Waals surface area contributed by atoms with E-state index < -0.39 is 28.3 Å². The molecule has 0 spiro atoms. The molecule has 2 aliphatic rings. The predicted octanol–water partition coefficient (Wildman–Crippen LogP) is 3.01. The predicted molar refractivity (Wildman–Crippen MR) is 134 cm³/mol. The number of rotatable bonds is 8. The first-order valence-electron chi connectivity index (χ1n) is 12.1. The molecule has 0 radical (unpaired) electrons. The summed E-state index contributed by atoms with van der Waals surface area (Å²) >= 11 is 0. The van der Waals surface area contributed by atoms with E-state index in [0.717, 1.165) is 11.1 Å². The van der Waals surface area contributed by atoms with Crippen LogP contribution in [0.5, 0.6) is 17.2 Å². The lowest BCUT2D eigenvalue weighted by atomic mass is 10.0. The Labute approximate surface area is 223 Å². The highest BCUT2D eigenvalue weighted by Crippen LogP contribution is 2.37. The molecule has 4 rings (SSSR count). The summed E-state index contributed by atoms with van der Waals surface area (Å²) in [6.07, 6.45) is -3.63.